The Labute approximate surface area is 104 Å². The number of carbonyl (C=O) groups is 1. The summed E-state index contributed by atoms with van der Waals surface area (Å²) in [6.45, 7) is 2.26. The van der Waals surface area contributed by atoms with Crippen molar-refractivity contribution in [1.82, 2.24) is 0 Å². The number of hydrogen-bond donors (Lipinski definition) is 1. The fourth-order valence-electron chi connectivity index (χ4n) is 1.34. The molecule has 2 N–H and O–H groups in total. The van der Waals surface area contributed by atoms with Gasteiger partial charge in [0.05, 0.1) is 22.6 Å². The van der Waals surface area contributed by atoms with Crippen molar-refractivity contribution in [1.29, 1.82) is 0 Å². The summed E-state index contributed by atoms with van der Waals surface area (Å²) < 4.78 is 4.92. The van der Waals surface area contributed by atoms with Crippen LogP contribution in [0.25, 0.3) is 0 Å². The van der Waals surface area contributed by atoms with E-state index in [-0.39, 0.29) is 12.5 Å². The molecule has 0 saturated carbocycles. The van der Waals surface area contributed by atoms with Gasteiger partial charge in [-0.05, 0) is 24.6 Å². The lowest BCUT2D eigenvalue weighted by molar-refractivity contribution is -0.144. The molecule has 5 heteroatoms. The molecule has 16 heavy (non-hydrogen) atoms. The van der Waals surface area contributed by atoms with Crippen molar-refractivity contribution >= 4 is 29.2 Å². The predicted molar refractivity (Wildman–Crippen MR) is 64.9 cm³/mol. The van der Waals surface area contributed by atoms with Crippen LogP contribution in [-0.4, -0.2) is 19.1 Å². The zero-order chi connectivity index (χ0) is 12.1. The van der Waals surface area contributed by atoms with E-state index in [2.05, 4.69) is 0 Å². The molecule has 0 aliphatic rings. The molecular formula is C11H13Cl2NO2. The van der Waals surface area contributed by atoms with Gasteiger partial charge in [-0.15, -0.1) is 0 Å². The summed E-state index contributed by atoms with van der Waals surface area (Å²) in [5, 5.41) is 0.854. The number of rotatable bonds is 4. The van der Waals surface area contributed by atoms with E-state index in [9.17, 15) is 4.79 Å². The maximum absolute atomic E-state index is 11.6. The number of esters is 1. The van der Waals surface area contributed by atoms with Gasteiger partial charge >= 0.3 is 5.97 Å². The first-order chi connectivity index (χ1) is 7.60. The Bertz CT molecular complexity index is 382. The summed E-state index contributed by atoms with van der Waals surface area (Å²) in [6, 6.07) is 5.00. The lowest BCUT2D eigenvalue weighted by atomic mass is 9.99. The average Bonchev–Trinajstić information content (AvgIpc) is 2.25. The summed E-state index contributed by atoms with van der Waals surface area (Å²) in [6.07, 6.45) is 0. The number of carbonyl (C=O) groups excluding carboxylic acids is 1. The normalized spacial score (nSPS) is 12.2. The monoisotopic (exact) mass is 261 g/mol. The van der Waals surface area contributed by atoms with Crippen LogP contribution in [0.3, 0.4) is 0 Å². The highest BCUT2D eigenvalue weighted by atomic mass is 35.5. The van der Waals surface area contributed by atoms with Crippen molar-refractivity contribution in [2.45, 2.75) is 12.8 Å². The maximum atomic E-state index is 11.6. The van der Waals surface area contributed by atoms with Crippen molar-refractivity contribution in [3.63, 3.8) is 0 Å². The highest BCUT2D eigenvalue weighted by molar-refractivity contribution is 6.42. The fraction of sp³-hybridized carbons (Fsp3) is 0.364. The van der Waals surface area contributed by atoms with Crippen LogP contribution < -0.4 is 5.73 Å². The molecule has 0 spiro atoms. The molecule has 1 aromatic carbocycles. The third kappa shape index (κ3) is 3.11. The van der Waals surface area contributed by atoms with Gasteiger partial charge in [0.25, 0.3) is 0 Å². The second-order valence-corrected chi connectivity index (χ2v) is 4.03. The fourth-order valence-corrected chi connectivity index (χ4v) is 1.65. The van der Waals surface area contributed by atoms with Gasteiger partial charge in [-0.25, -0.2) is 0 Å². The molecule has 1 atom stereocenters. The van der Waals surface area contributed by atoms with Crippen molar-refractivity contribution in [3.05, 3.63) is 33.8 Å². The summed E-state index contributed by atoms with van der Waals surface area (Å²) >= 11 is 11.7. The maximum Gasteiger partial charge on any atom is 0.314 e. The standard InChI is InChI=1S/C11H13Cl2NO2/c1-2-16-11(15)8(6-14)7-3-4-9(12)10(13)5-7/h3-5,8H,2,6,14H2,1H3. The van der Waals surface area contributed by atoms with Gasteiger partial charge in [0, 0.05) is 6.54 Å². The predicted octanol–water partition coefficient (Wildman–Crippen LogP) is 2.60. The summed E-state index contributed by atoms with van der Waals surface area (Å²) in [5.41, 5.74) is 6.27. The smallest absolute Gasteiger partial charge is 0.314 e. The molecule has 0 aromatic heterocycles. The van der Waals surface area contributed by atoms with Crippen molar-refractivity contribution in [3.8, 4) is 0 Å². The molecule has 0 aliphatic heterocycles. The number of halogens is 2. The van der Waals surface area contributed by atoms with Crippen LogP contribution in [0.5, 0.6) is 0 Å². The minimum atomic E-state index is -0.491. The van der Waals surface area contributed by atoms with E-state index < -0.39 is 5.92 Å². The van der Waals surface area contributed by atoms with E-state index in [4.69, 9.17) is 33.7 Å². The van der Waals surface area contributed by atoms with Gasteiger partial charge in [-0.1, -0.05) is 29.3 Å². The molecule has 0 heterocycles. The SMILES string of the molecule is CCOC(=O)C(CN)c1ccc(Cl)c(Cl)c1. The van der Waals surface area contributed by atoms with Crippen LogP contribution in [0.4, 0.5) is 0 Å². The summed E-state index contributed by atoms with van der Waals surface area (Å²) in [7, 11) is 0. The highest BCUT2D eigenvalue weighted by Crippen LogP contribution is 2.26. The van der Waals surface area contributed by atoms with E-state index >= 15 is 0 Å². The van der Waals surface area contributed by atoms with Crippen molar-refractivity contribution in [2.24, 2.45) is 5.73 Å². The van der Waals surface area contributed by atoms with Gasteiger partial charge in [0.1, 0.15) is 0 Å². The quantitative estimate of drug-likeness (QED) is 0.848. The Morgan fingerprint density at radius 1 is 1.44 bits per heavy atom. The zero-order valence-corrected chi connectivity index (χ0v) is 10.4. The first-order valence-electron chi connectivity index (χ1n) is 4.91. The Balaban J connectivity index is 2.95. The van der Waals surface area contributed by atoms with Crippen LogP contribution in [0, 0.1) is 0 Å². The van der Waals surface area contributed by atoms with Crippen molar-refractivity contribution < 1.29 is 9.53 Å². The number of nitrogens with two attached hydrogens (primary N) is 1. The van der Waals surface area contributed by atoms with Crippen LogP contribution in [0.15, 0.2) is 18.2 Å². The van der Waals surface area contributed by atoms with Gasteiger partial charge in [0.15, 0.2) is 0 Å². The third-order valence-corrected chi connectivity index (χ3v) is 2.89. The van der Waals surface area contributed by atoms with Gasteiger partial charge in [-0.3, -0.25) is 4.79 Å². The number of benzene rings is 1. The molecule has 0 bridgehead atoms. The van der Waals surface area contributed by atoms with Crippen molar-refractivity contribution in [2.75, 3.05) is 13.2 Å². The van der Waals surface area contributed by atoms with Crippen LogP contribution in [-0.2, 0) is 9.53 Å². The first-order valence-corrected chi connectivity index (χ1v) is 5.67. The zero-order valence-electron chi connectivity index (χ0n) is 8.87. The third-order valence-electron chi connectivity index (χ3n) is 2.15. The molecule has 0 amide bonds. The van der Waals surface area contributed by atoms with Crippen LogP contribution >= 0.6 is 23.2 Å². The van der Waals surface area contributed by atoms with E-state index in [0.717, 1.165) is 5.56 Å². The average molecular weight is 262 g/mol. The molecule has 3 nitrogen and oxygen atoms in total. The summed E-state index contributed by atoms with van der Waals surface area (Å²) in [4.78, 5) is 11.6. The Morgan fingerprint density at radius 3 is 2.62 bits per heavy atom. The van der Waals surface area contributed by atoms with E-state index in [1.54, 1.807) is 25.1 Å². The molecule has 1 unspecified atom stereocenters. The van der Waals surface area contributed by atoms with Gasteiger partial charge in [0.2, 0.25) is 0 Å². The molecule has 1 aromatic rings. The first kappa shape index (κ1) is 13.3. The van der Waals surface area contributed by atoms with Gasteiger partial charge in [-0.2, -0.15) is 0 Å². The molecule has 0 fully saturated rings. The Morgan fingerprint density at radius 2 is 2.12 bits per heavy atom. The molecule has 0 radical (unpaired) electrons. The molecule has 0 aliphatic carbocycles. The molecular weight excluding hydrogens is 249 g/mol. The summed E-state index contributed by atoms with van der Waals surface area (Å²) in [5.74, 6) is -0.835. The van der Waals surface area contributed by atoms with E-state index in [0.29, 0.717) is 16.7 Å². The minimum Gasteiger partial charge on any atom is -0.465 e. The lowest BCUT2D eigenvalue weighted by Crippen LogP contribution is -2.23. The van der Waals surface area contributed by atoms with Gasteiger partial charge < -0.3 is 10.5 Å². The van der Waals surface area contributed by atoms with Crippen LogP contribution in [0.2, 0.25) is 10.0 Å². The Kier molecular flexibility index (Phi) is 5.06. The minimum absolute atomic E-state index is 0.177. The topological polar surface area (TPSA) is 52.3 Å². The molecule has 88 valence electrons. The molecule has 0 saturated heterocycles. The lowest BCUT2D eigenvalue weighted by Gasteiger charge is -2.14. The largest absolute Gasteiger partial charge is 0.465 e. The number of hydrogen-bond acceptors (Lipinski definition) is 3. The second-order valence-electron chi connectivity index (χ2n) is 3.21. The van der Waals surface area contributed by atoms with E-state index in [1.807, 2.05) is 0 Å². The highest BCUT2D eigenvalue weighted by Gasteiger charge is 2.20. The number of ether oxygens (including phenoxy) is 1. The van der Waals surface area contributed by atoms with Crippen LogP contribution in [0.1, 0.15) is 18.4 Å². The van der Waals surface area contributed by atoms with E-state index in [1.165, 1.54) is 0 Å². The Hall–Kier alpha value is -0.770. The second kappa shape index (κ2) is 6.09. The molecule has 1 rings (SSSR count).